The van der Waals surface area contributed by atoms with Gasteiger partial charge in [-0.2, -0.15) is 0 Å². The summed E-state index contributed by atoms with van der Waals surface area (Å²) < 4.78 is 11.6. The lowest BCUT2D eigenvalue weighted by atomic mass is 9.87. The Morgan fingerprint density at radius 3 is 2.53 bits per heavy atom. The minimum atomic E-state index is -0.277. The van der Waals surface area contributed by atoms with Crippen LogP contribution in [0, 0.1) is 0 Å². The molecule has 2 amide bonds. The van der Waals surface area contributed by atoms with Crippen LogP contribution in [0.1, 0.15) is 51.9 Å². The fraction of sp³-hybridized carbons (Fsp3) is 0.577. The topological polar surface area (TPSA) is 88.2 Å². The molecule has 1 spiro atoms. The van der Waals surface area contributed by atoms with Gasteiger partial charge >= 0.3 is 5.97 Å². The number of esters is 1. The first kappa shape index (κ1) is 24.1. The Morgan fingerprint density at radius 1 is 1.09 bits per heavy atom. The maximum atomic E-state index is 12.4. The van der Waals surface area contributed by atoms with Gasteiger partial charge < -0.3 is 24.6 Å². The van der Waals surface area contributed by atoms with Gasteiger partial charge in [-0.05, 0) is 31.8 Å². The van der Waals surface area contributed by atoms with Crippen molar-refractivity contribution < 1.29 is 23.9 Å². The minimum absolute atomic E-state index is 0.0404. The molecule has 2 aliphatic heterocycles. The molecule has 1 N–H and O–H groups in total. The summed E-state index contributed by atoms with van der Waals surface area (Å²) in [6.07, 6.45) is 14.2. The normalized spacial score (nSPS) is 21.7. The molecule has 0 aromatic carbocycles. The first-order valence-electron chi connectivity index (χ1n) is 12.2. The summed E-state index contributed by atoms with van der Waals surface area (Å²) in [5.41, 5.74) is 3.01. The number of carbonyl (C=O) groups is 3. The van der Waals surface area contributed by atoms with Gasteiger partial charge in [0.15, 0.2) is 0 Å². The molecule has 0 aromatic heterocycles. The third-order valence-electron chi connectivity index (χ3n) is 7.24. The molecule has 2 aliphatic carbocycles. The SMILES string of the molecule is COC(=O)C1=CC=C(CN2CCC3(CCN(C(=O)CNC(C)=O)CC3)OC3=C2CCC=C3)CC1. The van der Waals surface area contributed by atoms with E-state index < -0.39 is 0 Å². The first-order chi connectivity index (χ1) is 16.4. The van der Waals surface area contributed by atoms with Gasteiger partial charge in [-0.25, -0.2) is 4.79 Å². The van der Waals surface area contributed by atoms with Crippen molar-refractivity contribution >= 4 is 17.8 Å². The standard InChI is InChI=1S/C26H35N3O5/c1-19(30)27-17-24(31)28-14-11-26(12-15-28)13-16-29(22-5-3-4-6-23(22)34-26)18-20-7-9-21(10-8-20)25(32)33-2/h4,6-7,9H,3,5,8,10-18H2,1-2H3,(H,27,30). The Balaban J connectivity index is 1.43. The number of nitrogens with zero attached hydrogens (tertiary/aromatic N) is 2. The second-order valence-electron chi connectivity index (χ2n) is 9.51. The third-order valence-corrected chi connectivity index (χ3v) is 7.24. The highest BCUT2D eigenvalue weighted by Gasteiger charge is 2.41. The Kier molecular flexibility index (Phi) is 7.44. The van der Waals surface area contributed by atoms with Crippen molar-refractivity contribution in [2.24, 2.45) is 0 Å². The first-order valence-corrected chi connectivity index (χ1v) is 12.2. The second kappa shape index (κ2) is 10.5. The molecule has 8 nitrogen and oxygen atoms in total. The maximum Gasteiger partial charge on any atom is 0.333 e. The van der Waals surface area contributed by atoms with Crippen molar-refractivity contribution in [2.45, 2.75) is 57.5 Å². The van der Waals surface area contributed by atoms with Crippen LogP contribution in [0.2, 0.25) is 0 Å². The van der Waals surface area contributed by atoms with Gasteiger partial charge in [0.25, 0.3) is 0 Å². The van der Waals surface area contributed by atoms with E-state index in [1.54, 1.807) is 0 Å². The van der Waals surface area contributed by atoms with E-state index in [-0.39, 0.29) is 29.9 Å². The van der Waals surface area contributed by atoms with E-state index in [1.165, 1.54) is 25.3 Å². The van der Waals surface area contributed by atoms with E-state index in [2.05, 4.69) is 28.4 Å². The average molecular weight is 470 g/mol. The molecule has 4 aliphatic rings. The van der Waals surface area contributed by atoms with Gasteiger partial charge in [0.2, 0.25) is 11.8 Å². The molecular formula is C26H35N3O5. The fourth-order valence-electron chi connectivity index (χ4n) is 5.16. The lowest BCUT2D eigenvalue weighted by Crippen LogP contribution is -2.50. The molecule has 0 saturated carbocycles. The Bertz CT molecular complexity index is 953. The van der Waals surface area contributed by atoms with Crippen LogP contribution < -0.4 is 5.32 Å². The molecule has 0 unspecified atom stereocenters. The predicted octanol–water partition coefficient (Wildman–Crippen LogP) is 2.59. The largest absolute Gasteiger partial charge is 0.485 e. The number of hydrogen-bond donors (Lipinski definition) is 1. The second-order valence-corrected chi connectivity index (χ2v) is 9.51. The maximum absolute atomic E-state index is 12.4. The highest BCUT2D eigenvalue weighted by molar-refractivity contribution is 5.89. The molecule has 0 aromatic rings. The zero-order chi connectivity index (χ0) is 24.1. The van der Waals surface area contributed by atoms with Crippen LogP contribution in [0.3, 0.4) is 0 Å². The number of methoxy groups -OCH3 is 1. The van der Waals surface area contributed by atoms with Crippen LogP contribution in [0.4, 0.5) is 0 Å². The molecular weight excluding hydrogens is 434 g/mol. The summed E-state index contributed by atoms with van der Waals surface area (Å²) in [6.45, 7) is 4.48. The molecule has 34 heavy (non-hydrogen) atoms. The number of ether oxygens (including phenoxy) is 2. The number of hydrogen-bond acceptors (Lipinski definition) is 6. The highest BCUT2D eigenvalue weighted by atomic mass is 16.5. The number of carbonyl (C=O) groups excluding carboxylic acids is 3. The van der Waals surface area contributed by atoms with Crippen LogP contribution in [0.25, 0.3) is 0 Å². The van der Waals surface area contributed by atoms with E-state index in [4.69, 9.17) is 9.47 Å². The number of allylic oxidation sites excluding steroid dienone is 5. The number of piperidine rings is 1. The summed E-state index contributed by atoms with van der Waals surface area (Å²) >= 11 is 0. The summed E-state index contributed by atoms with van der Waals surface area (Å²) in [5, 5.41) is 2.60. The van der Waals surface area contributed by atoms with Crippen molar-refractivity contribution in [3.63, 3.8) is 0 Å². The number of likely N-dealkylation sites (tertiary alicyclic amines) is 1. The molecule has 8 heteroatoms. The summed E-state index contributed by atoms with van der Waals surface area (Å²) in [5.74, 6) is 0.484. The number of rotatable bonds is 5. The van der Waals surface area contributed by atoms with Crippen LogP contribution >= 0.6 is 0 Å². The molecule has 1 saturated heterocycles. The van der Waals surface area contributed by atoms with Crippen LogP contribution in [0.5, 0.6) is 0 Å². The Labute approximate surface area is 201 Å². The fourth-order valence-corrected chi connectivity index (χ4v) is 5.16. The van der Waals surface area contributed by atoms with Crippen LogP contribution in [-0.4, -0.2) is 73.0 Å². The summed E-state index contributed by atoms with van der Waals surface area (Å²) in [7, 11) is 1.42. The highest BCUT2D eigenvalue weighted by Crippen LogP contribution is 2.39. The molecule has 0 bridgehead atoms. The lowest BCUT2D eigenvalue weighted by Gasteiger charge is -2.41. The quantitative estimate of drug-likeness (QED) is 0.623. The number of nitrogens with one attached hydrogen (secondary N) is 1. The van der Waals surface area contributed by atoms with Crippen molar-refractivity contribution in [1.29, 1.82) is 0 Å². The molecule has 4 rings (SSSR count). The minimum Gasteiger partial charge on any atom is -0.485 e. The van der Waals surface area contributed by atoms with Gasteiger partial charge in [-0.1, -0.05) is 23.8 Å². The van der Waals surface area contributed by atoms with Crippen molar-refractivity contribution in [3.05, 3.63) is 46.9 Å². The van der Waals surface area contributed by atoms with Crippen LogP contribution in [0.15, 0.2) is 46.9 Å². The van der Waals surface area contributed by atoms with Gasteiger partial charge in [-0.15, -0.1) is 0 Å². The Hall–Kier alpha value is -3.03. The molecule has 184 valence electrons. The molecule has 0 radical (unpaired) electrons. The van der Waals surface area contributed by atoms with E-state index in [0.717, 1.165) is 62.9 Å². The lowest BCUT2D eigenvalue weighted by molar-refractivity contribution is -0.137. The molecule has 2 heterocycles. The van der Waals surface area contributed by atoms with Gasteiger partial charge in [0.1, 0.15) is 11.4 Å². The zero-order valence-corrected chi connectivity index (χ0v) is 20.2. The van der Waals surface area contributed by atoms with E-state index in [1.807, 2.05) is 11.0 Å². The van der Waals surface area contributed by atoms with Gasteiger partial charge in [0.05, 0.1) is 19.4 Å². The van der Waals surface area contributed by atoms with E-state index >= 15 is 0 Å². The molecule has 1 fully saturated rings. The third kappa shape index (κ3) is 5.54. The van der Waals surface area contributed by atoms with Crippen molar-refractivity contribution in [3.8, 4) is 0 Å². The molecule has 0 atom stereocenters. The van der Waals surface area contributed by atoms with E-state index in [9.17, 15) is 14.4 Å². The van der Waals surface area contributed by atoms with Gasteiger partial charge in [-0.3, -0.25) is 9.59 Å². The van der Waals surface area contributed by atoms with Crippen LogP contribution in [-0.2, 0) is 23.9 Å². The monoisotopic (exact) mass is 469 g/mol. The van der Waals surface area contributed by atoms with Crippen molar-refractivity contribution in [1.82, 2.24) is 15.1 Å². The smallest absolute Gasteiger partial charge is 0.333 e. The number of amides is 2. The summed E-state index contributed by atoms with van der Waals surface area (Å²) in [6, 6.07) is 0. The summed E-state index contributed by atoms with van der Waals surface area (Å²) in [4.78, 5) is 39.6. The average Bonchev–Trinajstić information content (AvgIpc) is 3.00. The van der Waals surface area contributed by atoms with Gasteiger partial charge in [0, 0.05) is 57.9 Å². The van der Waals surface area contributed by atoms with Crippen molar-refractivity contribution in [2.75, 3.05) is 39.8 Å². The Morgan fingerprint density at radius 2 is 1.85 bits per heavy atom. The zero-order valence-electron chi connectivity index (χ0n) is 20.2. The predicted molar refractivity (Wildman–Crippen MR) is 127 cm³/mol. The van der Waals surface area contributed by atoms with E-state index in [0.29, 0.717) is 19.5 Å².